The Morgan fingerprint density at radius 2 is 1.74 bits per heavy atom. The number of carbonyl (C=O) groups excluding carboxylic acids is 1. The smallest absolute Gasteiger partial charge is 0.306 e. The molecule has 38 heavy (non-hydrogen) atoms. The highest BCUT2D eigenvalue weighted by Crippen LogP contribution is 2.29. The summed E-state index contributed by atoms with van der Waals surface area (Å²) in [6.07, 6.45) is 0.809. The van der Waals surface area contributed by atoms with Crippen molar-refractivity contribution < 1.29 is 23.7 Å². The highest BCUT2D eigenvalue weighted by Gasteiger charge is 2.14. The third-order valence-electron chi connectivity index (χ3n) is 6.55. The van der Waals surface area contributed by atoms with Crippen molar-refractivity contribution in [2.75, 3.05) is 13.7 Å². The Bertz CT molecular complexity index is 1390. The van der Waals surface area contributed by atoms with Crippen LogP contribution in [0, 0.1) is 0 Å². The monoisotopic (exact) mass is 516 g/mol. The average Bonchev–Trinajstić information content (AvgIpc) is 3.24. The van der Waals surface area contributed by atoms with E-state index >= 15 is 0 Å². The summed E-state index contributed by atoms with van der Waals surface area (Å²) in [5, 5.41) is 0. The summed E-state index contributed by atoms with van der Waals surface area (Å²) in [4.78, 5) is 16.7. The molecule has 0 fully saturated rings. The highest BCUT2D eigenvalue weighted by atomic mass is 16.5. The predicted molar refractivity (Wildman–Crippen MR) is 148 cm³/mol. The highest BCUT2D eigenvalue weighted by molar-refractivity contribution is 5.77. The lowest BCUT2D eigenvalue weighted by atomic mass is 9.98. The number of imidazole rings is 1. The Hall–Kier alpha value is -4.00. The molecule has 0 spiro atoms. The molecular formula is C31H36N2O5. The van der Waals surface area contributed by atoms with Crippen molar-refractivity contribution in [2.24, 2.45) is 7.05 Å². The first-order valence-corrected chi connectivity index (χ1v) is 13.0. The Kier molecular flexibility index (Phi) is 8.89. The molecule has 3 aromatic carbocycles. The van der Waals surface area contributed by atoms with Crippen LogP contribution < -0.4 is 14.2 Å². The van der Waals surface area contributed by atoms with E-state index in [-0.39, 0.29) is 12.4 Å². The van der Waals surface area contributed by atoms with Crippen molar-refractivity contribution in [2.45, 2.75) is 52.7 Å². The third kappa shape index (κ3) is 6.46. The minimum absolute atomic E-state index is 0.220. The molecule has 0 saturated carbocycles. The molecule has 0 radical (unpaired) electrons. The van der Waals surface area contributed by atoms with Crippen molar-refractivity contribution in [3.63, 3.8) is 0 Å². The molecule has 0 atom stereocenters. The summed E-state index contributed by atoms with van der Waals surface area (Å²) in [5.74, 6) is 3.12. The minimum Gasteiger partial charge on any atom is -0.497 e. The lowest BCUT2D eigenvalue weighted by Crippen LogP contribution is -2.08. The quantitative estimate of drug-likeness (QED) is 0.204. The lowest BCUT2D eigenvalue weighted by molar-refractivity contribution is -0.143. The van der Waals surface area contributed by atoms with Gasteiger partial charge in [0.15, 0.2) is 0 Å². The van der Waals surface area contributed by atoms with Crippen LogP contribution in [0.25, 0.3) is 11.0 Å². The third-order valence-corrected chi connectivity index (χ3v) is 6.55. The molecule has 0 aliphatic heterocycles. The lowest BCUT2D eigenvalue weighted by Gasteiger charge is -2.17. The number of aryl methyl sites for hydroxylation is 2. The topological polar surface area (TPSA) is 71.8 Å². The molecule has 7 nitrogen and oxygen atoms in total. The molecule has 4 aromatic rings. The number of benzene rings is 3. The summed E-state index contributed by atoms with van der Waals surface area (Å²) >= 11 is 0. The second kappa shape index (κ2) is 12.5. The number of hydrogen-bond acceptors (Lipinski definition) is 6. The number of aromatic nitrogens is 2. The fraction of sp³-hybridized carbons (Fsp3) is 0.355. The van der Waals surface area contributed by atoms with Crippen LogP contribution in [0.3, 0.4) is 0 Å². The number of nitrogens with zero attached hydrogens (tertiary/aromatic N) is 2. The van der Waals surface area contributed by atoms with Gasteiger partial charge in [-0.25, -0.2) is 4.98 Å². The first-order chi connectivity index (χ1) is 18.4. The maximum Gasteiger partial charge on any atom is 0.306 e. The van der Waals surface area contributed by atoms with Gasteiger partial charge >= 0.3 is 5.97 Å². The number of fused-ring (bicyclic) bond motifs is 1. The molecule has 7 heteroatoms. The molecule has 0 aliphatic carbocycles. The Balaban J connectivity index is 1.54. The van der Waals surface area contributed by atoms with Crippen LogP contribution in [-0.4, -0.2) is 29.2 Å². The number of esters is 1. The molecule has 1 aromatic heterocycles. The number of carbonyl (C=O) groups is 1. The zero-order chi connectivity index (χ0) is 27.1. The fourth-order valence-electron chi connectivity index (χ4n) is 4.44. The van der Waals surface area contributed by atoms with E-state index in [0.29, 0.717) is 43.7 Å². The molecule has 0 aliphatic rings. The van der Waals surface area contributed by atoms with Crippen LogP contribution in [0.1, 0.15) is 55.6 Å². The van der Waals surface area contributed by atoms with Crippen molar-refractivity contribution in [1.29, 1.82) is 0 Å². The molecule has 0 saturated heterocycles. The van der Waals surface area contributed by atoms with Crippen molar-refractivity contribution in [1.82, 2.24) is 9.55 Å². The summed E-state index contributed by atoms with van der Waals surface area (Å²) in [7, 11) is 3.62. The standard InChI is InChI=1S/C31H36N2O5/c1-6-36-31(34)16-12-22-11-13-25(18-29(22)38-19-23-9-7-8-10-26(23)21(2)3)37-20-30-32-27-15-14-24(35-5)17-28(27)33(30)4/h7-11,13-15,17-18,21H,6,12,16,19-20H2,1-5H3. The average molecular weight is 517 g/mol. The molecule has 1 heterocycles. The van der Waals surface area contributed by atoms with Crippen LogP contribution in [0.5, 0.6) is 17.2 Å². The summed E-state index contributed by atoms with van der Waals surface area (Å²) in [6, 6.07) is 19.9. The Morgan fingerprint density at radius 1 is 0.947 bits per heavy atom. The van der Waals surface area contributed by atoms with Gasteiger partial charge in [0.25, 0.3) is 0 Å². The van der Waals surface area contributed by atoms with Gasteiger partial charge in [-0.2, -0.15) is 0 Å². The van der Waals surface area contributed by atoms with Gasteiger partial charge in [0.2, 0.25) is 0 Å². The van der Waals surface area contributed by atoms with Crippen LogP contribution in [0.15, 0.2) is 60.7 Å². The SMILES string of the molecule is CCOC(=O)CCc1ccc(OCc2nc3ccc(OC)cc3n2C)cc1OCc1ccccc1C(C)C. The zero-order valence-electron chi connectivity index (χ0n) is 22.8. The Morgan fingerprint density at radius 3 is 2.50 bits per heavy atom. The van der Waals surface area contributed by atoms with E-state index in [1.54, 1.807) is 7.11 Å². The van der Waals surface area contributed by atoms with E-state index in [1.807, 2.05) is 61.0 Å². The van der Waals surface area contributed by atoms with Gasteiger partial charge in [0.1, 0.15) is 36.3 Å². The zero-order valence-corrected chi connectivity index (χ0v) is 22.8. The van der Waals surface area contributed by atoms with Gasteiger partial charge in [-0.15, -0.1) is 0 Å². The molecule has 0 N–H and O–H groups in total. The number of hydrogen-bond donors (Lipinski definition) is 0. The van der Waals surface area contributed by atoms with Crippen LogP contribution in [-0.2, 0) is 36.2 Å². The maximum absolute atomic E-state index is 12.0. The predicted octanol–water partition coefficient (Wildman–Crippen LogP) is 6.36. The second-order valence-corrected chi connectivity index (χ2v) is 9.45. The van der Waals surface area contributed by atoms with Crippen molar-refractivity contribution in [3.8, 4) is 17.2 Å². The number of rotatable bonds is 12. The van der Waals surface area contributed by atoms with E-state index < -0.39 is 0 Å². The van der Waals surface area contributed by atoms with Crippen LogP contribution in [0.4, 0.5) is 0 Å². The van der Waals surface area contributed by atoms with Crippen molar-refractivity contribution in [3.05, 3.63) is 83.2 Å². The van der Waals surface area contributed by atoms with Crippen LogP contribution in [0.2, 0.25) is 0 Å². The van der Waals surface area contributed by atoms with Gasteiger partial charge in [0.05, 0.1) is 24.8 Å². The van der Waals surface area contributed by atoms with E-state index in [2.05, 4.69) is 32.0 Å². The number of ether oxygens (including phenoxy) is 4. The molecular weight excluding hydrogens is 480 g/mol. The van der Waals surface area contributed by atoms with Gasteiger partial charge in [-0.1, -0.05) is 44.2 Å². The minimum atomic E-state index is -0.220. The van der Waals surface area contributed by atoms with E-state index in [4.69, 9.17) is 23.9 Å². The molecule has 4 rings (SSSR count). The van der Waals surface area contributed by atoms with Crippen LogP contribution >= 0.6 is 0 Å². The van der Waals surface area contributed by atoms with Gasteiger partial charge < -0.3 is 23.5 Å². The van der Waals surface area contributed by atoms with Gasteiger partial charge in [0, 0.05) is 25.6 Å². The van der Waals surface area contributed by atoms with E-state index in [9.17, 15) is 4.79 Å². The largest absolute Gasteiger partial charge is 0.497 e. The van der Waals surface area contributed by atoms with Gasteiger partial charge in [-0.3, -0.25) is 4.79 Å². The first-order valence-electron chi connectivity index (χ1n) is 13.0. The Labute approximate surface area is 224 Å². The second-order valence-electron chi connectivity index (χ2n) is 9.45. The summed E-state index contributed by atoms with van der Waals surface area (Å²) in [5.41, 5.74) is 5.19. The fourth-order valence-corrected chi connectivity index (χ4v) is 4.44. The van der Waals surface area contributed by atoms with Crippen molar-refractivity contribution >= 4 is 17.0 Å². The molecule has 0 amide bonds. The molecule has 0 bridgehead atoms. The molecule has 200 valence electrons. The normalized spacial score (nSPS) is 11.1. The molecule has 0 unspecified atom stereocenters. The number of methoxy groups -OCH3 is 1. The summed E-state index contributed by atoms with van der Waals surface area (Å²) < 4.78 is 24.9. The maximum atomic E-state index is 12.0. The first kappa shape index (κ1) is 27.0. The van der Waals surface area contributed by atoms with Gasteiger partial charge in [-0.05, 0) is 54.2 Å². The van der Waals surface area contributed by atoms with E-state index in [0.717, 1.165) is 33.7 Å². The summed E-state index contributed by atoms with van der Waals surface area (Å²) in [6.45, 7) is 7.26. The van der Waals surface area contributed by atoms with E-state index in [1.165, 1.54) is 5.56 Å².